The quantitative estimate of drug-likeness (QED) is 0.731. The molecule has 0 saturated heterocycles. The fourth-order valence-electron chi connectivity index (χ4n) is 4.47. The zero-order chi connectivity index (χ0) is 17.7. The Balaban J connectivity index is 1.89. The number of hydrogen-bond acceptors (Lipinski definition) is 3. The average Bonchev–Trinajstić information content (AvgIpc) is 2.53. The second-order valence-corrected chi connectivity index (χ2v) is 8.88. The van der Waals surface area contributed by atoms with E-state index in [1.807, 2.05) is 0 Å². The van der Waals surface area contributed by atoms with Crippen LogP contribution in [-0.2, 0) is 14.3 Å². The Morgan fingerprint density at radius 1 is 1.00 bits per heavy atom. The largest absolute Gasteiger partial charge is 0.481 e. The predicted octanol–water partition coefficient (Wildman–Crippen LogP) is 4.81. The molecule has 2 rings (SSSR count). The standard InChI is InChI=1S/C20H34O4/c1-20(2,3)15-9-11-16(12-10-15)24-19(23)17(13-18(21)22)14-7-5-4-6-8-14/h14-17H,4-13H2,1-3H3,(H,21,22). The lowest BCUT2D eigenvalue weighted by Crippen LogP contribution is -2.35. The molecular formula is C20H34O4. The third kappa shape index (κ3) is 5.49. The lowest BCUT2D eigenvalue weighted by molar-refractivity contribution is -0.162. The lowest BCUT2D eigenvalue weighted by Gasteiger charge is -2.37. The number of ether oxygens (including phenoxy) is 1. The highest BCUT2D eigenvalue weighted by Crippen LogP contribution is 2.39. The summed E-state index contributed by atoms with van der Waals surface area (Å²) in [6, 6.07) is 0. The van der Waals surface area contributed by atoms with E-state index in [0.717, 1.165) is 51.4 Å². The summed E-state index contributed by atoms with van der Waals surface area (Å²) in [5, 5.41) is 9.19. The fraction of sp³-hybridized carbons (Fsp3) is 0.900. The third-order valence-electron chi connectivity index (χ3n) is 6.10. The van der Waals surface area contributed by atoms with Gasteiger partial charge in [0, 0.05) is 0 Å². The molecule has 0 amide bonds. The van der Waals surface area contributed by atoms with Crippen molar-refractivity contribution in [3.63, 3.8) is 0 Å². The molecule has 1 atom stereocenters. The van der Waals surface area contributed by atoms with Crippen LogP contribution in [0.2, 0.25) is 0 Å². The minimum atomic E-state index is -0.890. The first-order valence-electron chi connectivity index (χ1n) is 9.69. The maximum Gasteiger partial charge on any atom is 0.310 e. The summed E-state index contributed by atoms with van der Waals surface area (Å²) in [7, 11) is 0. The molecule has 1 N–H and O–H groups in total. The smallest absolute Gasteiger partial charge is 0.310 e. The van der Waals surface area contributed by atoms with E-state index < -0.39 is 11.9 Å². The van der Waals surface area contributed by atoms with Crippen molar-refractivity contribution in [3.8, 4) is 0 Å². The monoisotopic (exact) mass is 338 g/mol. The Morgan fingerprint density at radius 2 is 1.58 bits per heavy atom. The zero-order valence-corrected chi connectivity index (χ0v) is 15.6. The van der Waals surface area contributed by atoms with Crippen LogP contribution >= 0.6 is 0 Å². The first-order valence-corrected chi connectivity index (χ1v) is 9.69. The van der Waals surface area contributed by atoms with Crippen LogP contribution in [0.25, 0.3) is 0 Å². The average molecular weight is 338 g/mol. The molecule has 138 valence electrons. The van der Waals surface area contributed by atoms with Crippen molar-refractivity contribution < 1.29 is 19.4 Å². The Hall–Kier alpha value is -1.06. The summed E-state index contributed by atoms with van der Waals surface area (Å²) in [5.41, 5.74) is 0.308. The molecule has 0 spiro atoms. The van der Waals surface area contributed by atoms with Gasteiger partial charge in [-0.25, -0.2) is 0 Å². The molecule has 2 saturated carbocycles. The summed E-state index contributed by atoms with van der Waals surface area (Å²) in [6.07, 6.45) is 9.24. The second-order valence-electron chi connectivity index (χ2n) is 8.88. The summed E-state index contributed by atoms with van der Waals surface area (Å²) in [5.74, 6) is -0.737. The van der Waals surface area contributed by atoms with Gasteiger partial charge in [0.05, 0.1) is 12.3 Å². The number of aliphatic carboxylic acids is 1. The molecule has 0 aromatic rings. The number of carboxylic acids is 1. The first-order chi connectivity index (χ1) is 11.3. The summed E-state index contributed by atoms with van der Waals surface area (Å²) < 4.78 is 5.77. The van der Waals surface area contributed by atoms with E-state index in [1.54, 1.807) is 0 Å². The molecule has 1 unspecified atom stereocenters. The molecular weight excluding hydrogens is 304 g/mol. The molecule has 2 aliphatic rings. The maximum atomic E-state index is 12.6. The van der Waals surface area contributed by atoms with Gasteiger partial charge in [-0.1, -0.05) is 40.0 Å². The van der Waals surface area contributed by atoms with Gasteiger partial charge in [0.25, 0.3) is 0 Å². The topological polar surface area (TPSA) is 63.6 Å². The minimum Gasteiger partial charge on any atom is -0.481 e. The molecule has 4 heteroatoms. The van der Waals surface area contributed by atoms with Crippen molar-refractivity contribution >= 4 is 11.9 Å². The van der Waals surface area contributed by atoms with E-state index >= 15 is 0 Å². The minimum absolute atomic E-state index is 0.0176. The van der Waals surface area contributed by atoms with Crippen molar-refractivity contribution in [2.75, 3.05) is 0 Å². The molecule has 0 radical (unpaired) electrons. The Kier molecular flexibility index (Phi) is 6.70. The molecule has 0 aromatic carbocycles. The van der Waals surface area contributed by atoms with Crippen molar-refractivity contribution in [2.45, 2.75) is 91.1 Å². The molecule has 0 aromatic heterocycles. The molecule has 4 nitrogen and oxygen atoms in total. The number of carboxylic acid groups (broad SMARTS) is 1. The van der Waals surface area contributed by atoms with E-state index in [9.17, 15) is 14.7 Å². The van der Waals surface area contributed by atoms with Gasteiger partial charge >= 0.3 is 11.9 Å². The predicted molar refractivity (Wildman–Crippen MR) is 93.6 cm³/mol. The van der Waals surface area contributed by atoms with Crippen LogP contribution in [-0.4, -0.2) is 23.1 Å². The van der Waals surface area contributed by atoms with Gasteiger partial charge in [0.2, 0.25) is 0 Å². The Labute approximate surface area is 146 Å². The van der Waals surface area contributed by atoms with E-state index in [0.29, 0.717) is 11.3 Å². The van der Waals surface area contributed by atoms with E-state index in [-0.39, 0.29) is 24.4 Å². The fourth-order valence-corrected chi connectivity index (χ4v) is 4.47. The molecule has 2 aliphatic carbocycles. The van der Waals surface area contributed by atoms with Gasteiger partial charge in [-0.2, -0.15) is 0 Å². The van der Waals surface area contributed by atoms with E-state index in [2.05, 4.69) is 20.8 Å². The number of hydrogen-bond donors (Lipinski definition) is 1. The van der Waals surface area contributed by atoms with Crippen molar-refractivity contribution in [2.24, 2.45) is 23.2 Å². The van der Waals surface area contributed by atoms with Gasteiger partial charge in [0.1, 0.15) is 6.10 Å². The lowest BCUT2D eigenvalue weighted by atomic mass is 9.72. The Bertz CT molecular complexity index is 423. The van der Waals surface area contributed by atoms with Gasteiger partial charge in [-0.3, -0.25) is 9.59 Å². The SMILES string of the molecule is CC(C)(C)C1CCC(OC(=O)C(CC(=O)O)C2CCCCC2)CC1. The highest BCUT2D eigenvalue weighted by atomic mass is 16.5. The summed E-state index contributed by atoms with van der Waals surface area (Å²) in [6.45, 7) is 6.82. The second kappa shape index (κ2) is 8.35. The molecule has 0 bridgehead atoms. The van der Waals surface area contributed by atoms with Gasteiger partial charge in [-0.05, 0) is 55.8 Å². The normalized spacial score (nSPS) is 27.5. The van der Waals surface area contributed by atoms with Crippen LogP contribution in [0.4, 0.5) is 0 Å². The highest BCUT2D eigenvalue weighted by molar-refractivity contribution is 5.79. The Morgan fingerprint density at radius 3 is 2.08 bits per heavy atom. The summed E-state index contributed by atoms with van der Waals surface area (Å²) in [4.78, 5) is 23.8. The van der Waals surface area contributed by atoms with Crippen LogP contribution in [0.5, 0.6) is 0 Å². The third-order valence-corrected chi connectivity index (χ3v) is 6.10. The molecule has 24 heavy (non-hydrogen) atoms. The van der Waals surface area contributed by atoms with Crippen LogP contribution in [0.1, 0.15) is 85.0 Å². The van der Waals surface area contributed by atoms with Gasteiger partial charge in [-0.15, -0.1) is 0 Å². The van der Waals surface area contributed by atoms with Crippen LogP contribution < -0.4 is 0 Å². The van der Waals surface area contributed by atoms with Gasteiger partial charge < -0.3 is 9.84 Å². The molecule has 0 heterocycles. The first kappa shape index (κ1) is 19.3. The van der Waals surface area contributed by atoms with Crippen molar-refractivity contribution in [1.29, 1.82) is 0 Å². The number of rotatable bonds is 5. The van der Waals surface area contributed by atoms with Crippen molar-refractivity contribution in [1.82, 2.24) is 0 Å². The van der Waals surface area contributed by atoms with Crippen LogP contribution in [0.15, 0.2) is 0 Å². The van der Waals surface area contributed by atoms with Crippen LogP contribution in [0.3, 0.4) is 0 Å². The number of esters is 1. The number of carbonyl (C=O) groups is 2. The zero-order valence-electron chi connectivity index (χ0n) is 15.6. The van der Waals surface area contributed by atoms with E-state index in [4.69, 9.17) is 4.74 Å². The van der Waals surface area contributed by atoms with E-state index in [1.165, 1.54) is 6.42 Å². The summed E-state index contributed by atoms with van der Waals surface area (Å²) >= 11 is 0. The highest BCUT2D eigenvalue weighted by Gasteiger charge is 2.36. The maximum absolute atomic E-state index is 12.6. The molecule has 2 fully saturated rings. The molecule has 0 aliphatic heterocycles. The van der Waals surface area contributed by atoms with Crippen molar-refractivity contribution in [3.05, 3.63) is 0 Å². The van der Waals surface area contributed by atoms with Crippen LogP contribution in [0, 0.1) is 23.2 Å². The van der Waals surface area contributed by atoms with Gasteiger partial charge in [0.15, 0.2) is 0 Å². The number of carbonyl (C=O) groups excluding carboxylic acids is 1.